The molecular formula is C26H29N. The van der Waals surface area contributed by atoms with Gasteiger partial charge in [-0.2, -0.15) is 0 Å². The molecular weight excluding hydrogens is 326 g/mol. The van der Waals surface area contributed by atoms with Crippen LogP contribution < -0.4 is 4.90 Å². The monoisotopic (exact) mass is 355 g/mol. The van der Waals surface area contributed by atoms with E-state index in [9.17, 15) is 0 Å². The van der Waals surface area contributed by atoms with Crippen LogP contribution in [0.3, 0.4) is 0 Å². The van der Waals surface area contributed by atoms with Crippen LogP contribution in [0.4, 0.5) is 11.4 Å². The van der Waals surface area contributed by atoms with Crippen molar-refractivity contribution < 1.29 is 0 Å². The Morgan fingerprint density at radius 3 is 2.07 bits per heavy atom. The van der Waals surface area contributed by atoms with Crippen molar-refractivity contribution in [1.82, 2.24) is 0 Å². The molecule has 27 heavy (non-hydrogen) atoms. The first-order chi connectivity index (χ1) is 12.7. The van der Waals surface area contributed by atoms with Gasteiger partial charge in [-0.3, -0.25) is 0 Å². The molecule has 0 heterocycles. The van der Waals surface area contributed by atoms with Gasteiger partial charge in [-0.05, 0) is 73.7 Å². The normalized spacial score (nSPS) is 14.6. The summed E-state index contributed by atoms with van der Waals surface area (Å²) in [6.45, 7) is 13.7. The Bertz CT molecular complexity index is 1000. The van der Waals surface area contributed by atoms with Crippen LogP contribution in [0.25, 0.3) is 11.1 Å². The fraction of sp³-hybridized carbons (Fsp3) is 0.308. The Morgan fingerprint density at radius 2 is 1.37 bits per heavy atom. The summed E-state index contributed by atoms with van der Waals surface area (Å²) in [5, 5.41) is 0. The average Bonchev–Trinajstić information content (AvgIpc) is 2.84. The lowest BCUT2D eigenvalue weighted by molar-refractivity contribution is 0.558. The van der Waals surface area contributed by atoms with Crippen molar-refractivity contribution in [2.75, 3.05) is 4.90 Å². The molecule has 0 fully saturated rings. The third kappa shape index (κ3) is 2.77. The van der Waals surface area contributed by atoms with Crippen molar-refractivity contribution in [3.63, 3.8) is 0 Å². The van der Waals surface area contributed by atoms with Crippen molar-refractivity contribution in [1.29, 1.82) is 0 Å². The maximum atomic E-state index is 2.47. The topological polar surface area (TPSA) is 3.24 Å². The van der Waals surface area contributed by atoms with Gasteiger partial charge in [-0.15, -0.1) is 0 Å². The van der Waals surface area contributed by atoms with E-state index in [0.717, 1.165) is 0 Å². The summed E-state index contributed by atoms with van der Waals surface area (Å²) in [5.74, 6) is 0. The first-order valence-corrected chi connectivity index (χ1v) is 9.81. The van der Waals surface area contributed by atoms with Gasteiger partial charge in [-0.25, -0.2) is 0 Å². The maximum absolute atomic E-state index is 2.47. The molecule has 0 saturated carbocycles. The van der Waals surface area contributed by atoms with E-state index in [1.54, 1.807) is 0 Å². The fourth-order valence-electron chi connectivity index (χ4n) is 4.53. The summed E-state index contributed by atoms with van der Waals surface area (Å²) in [5.41, 5.74) is 9.44. The van der Waals surface area contributed by atoms with E-state index in [4.69, 9.17) is 0 Å². The van der Waals surface area contributed by atoms with Crippen LogP contribution >= 0.6 is 0 Å². The highest BCUT2D eigenvalue weighted by molar-refractivity contribution is 5.83. The molecule has 1 aliphatic carbocycles. The molecule has 0 bridgehead atoms. The average molecular weight is 356 g/mol. The SMILES string of the molecule is Cc1ccccc1N(c1ccc2c(c1)C(C)(C)c1ccccc1-2)C(C)(C)C. The van der Waals surface area contributed by atoms with Crippen LogP contribution in [0.2, 0.25) is 0 Å². The van der Waals surface area contributed by atoms with Gasteiger partial charge in [0.25, 0.3) is 0 Å². The van der Waals surface area contributed by atoms with Crippen LogP contribution in [-0.4, -0.2) is 5.54 Å². The molecule has 0 spiro atoms. The molecule has 3 aromatic carbocycles. The highest BCUT2D eigenvalue weighted by Gasteiger charge is 2.36. The van der Waals surface area contributed by atoms with Crippen LogP contribution in [-0.2, 0) is 5.41 Å². The van der Waals surface area contributed by atoms with E-state index in [1.165, 1.54) is 39.2 Å². The smallest absolute Gasteiger partial charge is 0.0445 e. The summed E-state index contributed by atoms with van der Waals surface area (Å²) in [7, 11) is 0. The summed E-state index contributed by atoms with van der Waals surface area (Å²) in [6, 6.07) is 24.5. The molecule has 4 rings (SSSR count). The molecule has 0 aliphatic heterocycles. The molecule has 1 nitrogen and oxygen atoms in total. The number of aryl methyl sites for hydroxylation is 1. The van der Waals surface area contributed by atoms with Crippen LogP contribution in [0.1, 0.15) is 51.3 Å². The van der Waals surface area contributed by atoms with Gasteiger partial charge in [-0.1, -0.05) is 62.4 Å². The lowest BCUT2D eigenvalue weighted by atomic mass is 9.82. The standard InChI is InChI=1S/C26H29N/c1-18-11-7-10-14-24(18)27(25(2,3)4)19-15-16-21-20-12-8-9-13-22(20)26(5,6)23(21)17-19/h7-17H,1-6H3. The molecule has 0 aromatic heterocycles. The summed E-state index contributed by atoms with van der Waals surface area (Å²) < 4.78 is 0. The van der Waals surface area contributed by atoms with E-state index in [1.807, 2.05) is 0 Å². The molecule has 1 heteroatoms. The van der Waals surface area contributed by atoms with Crippen molar-refractivity contribution in [3.05, 3.63) is 83.4 Å². The number of nitrogens with zero attached hydrogens (tertiary/aromatic N) is 1. The second-order valence-corrected chi connectivity index (χ2v) is 9.19. The molecule has 0 radical (unpaired) electrons. The van der Waals surface area contributed by atoms with Crippen molar-refractivity contribution >= 4 is 11.4 Å². The third-order valence-corrected chi connectivity index (χ3v) is 5.85. The number of hydrogen-bond acceptors (Lipinski definition) is 1. The van der Waals surface area contributed by atoms with Gasteiger partial charge < -0.3 is 4.90 Å². The van der Waals surface area contributed by atoms with Crippen molar-refractivity contribution in [3.8, 4) is 11.1 Å². The summed E-state index contributed by atoms with van der Waals surface area (Å²) in [4.78, 5) is 2.47. The Morgan fingerprint density at radius 1 is 0.741 bits per heavy atom. The molecule has 0 N–H and O–H groups in total. The maximum Gasteiger partial charge on any atom is 0.0445 e. The van der Waals surface area contributed by atoms with Gasteiger partial charge in [0.2, 0.25) is 0 Å². The first kappa shape index (κ1) is 17.9. The molecule has 0 unspecified atom stereocenters. The molecule has 3 aromatic rings. The Labute approximate surface area is 163 Å². The number of para-hydroxylation sites is 1. The lowest BCUT2D eigenvalue weighted by Gasteiger charge is -2.39. The third-order valence-electron chi connectivity index (χ3n) is 5.85. The zero-order chi connectivity index (χ0) is 19.4. The van der Waals surface area contributed by atoms with Gasteiger partial charge in [0, 0.05) is 22.3 Å². The van der Waals surface area contributed by atoms with E-state index in [0.29, 0.717) is 0 Å². The zero-order valence-corrected chi connectivity index (χ0v) is 17.3. The number of hydrogen-bond donors (Lipinski definition) is 0. The predicted molar refractivity (Wildman–Crippen MR) is 117 cm³/mol. The Kier molecular flexibility index (Phi) is 3.96. The van der Waals surface area contributed by atoms with Gasteiger partial charge >= 0.3 is 0 Å². The van der Waals surface area contributed by atoms with E-state index < -0.39 is 0 Å². The predicted octanol–water partition coefficient (Wildman–Crippen LogP) is 7.24. The highest BCUT2D eigenvalue weighted by Crippen LogP contribution is 2.50. The first-order valence-electron chi connectivity index (χ1n) is 9.81. The number of anilines is 2. The molecule has 0 saturated heterocycles. The molecule has 0 atom stereocenters. The van der Waals surface area contributed by atoms with Gasteiger partial charge in [0.05, 0.1) is 0 Å². The van der Waals surface area contributed by atoms with Crippen LogP contribution in [0, 0.1) is 6.92 Å². The largest absolute Gasteiger partial charge is 0.336 e. The highest BCUT2D eigenvalue weighted by atomic mass is 15.2. The minimum atomic E-state index is -0.0179. The lowest BCUT2D eigenvalue weighted by Crippen LogP contribution is -2.38. The molecule has 138 valence electrons. The number of rotatable bonds is 2. The summed E-state index contributed by atoms with van der Waals surface area (Å²) in [6.07, 6.45) is 0. The number of fused-ring (bicyclic) bond motifs is 3. The number of benzene rings is 3. The van der Waals surface area contributed by atoms with E-state index >= 15 is 0 Å². The minimum Gasteiger partial charge on any atom is -0.336 e. The quantitative estimate of drug-likeness (QED) is 0.468. The second-order valence-electron chi connectivity index (χ2n) is 9.19. The van der Waals surface area contributed by atoms with E-state index in [2.05, 4.69) is 113 Å². The van der Waals surface area contributed by atoms with Crippen LogP contribution in [0.15, 0.2) is 66.7 Å². The van der Waals surface area contributed by atoms with Crippen molar-refractivity contribution in [2.24, 2.45) is 0 Å². The van der Waals surface area contributed by atoms with Gasteiger partial charge in [0.15, 0.2) is 0 Å². The molecule has 1 aliphatic rings. The Hall–Kier alpha value is -2.54. The Balaban J connectivity index is 1.91. The van der Waals surface area contributed by atoms with Crippen LogP contribution in [0.5, 0.6) is 0 Å². The molecule has 0 amide bonds. The fourth-order valence-corrected chi connectivity index (χ4v) is 4.53. The minimum absolute atomic E-state index is 0.0179. The van der Waals surface area contributed by atoms with Crippen molar-refractivity contribution in [2.45, 2.75) is 52.5 Å². The second kappa shape index (κ2) is 5.99. The zero-order valence-electron chi connectivity index (χ0n) is 17.3. The van der Waals surface area contributed by atoms with Gasteiger partial charge in [0.1, 0.15) is 0 Å². The summed E-state index contributed by atoms with van der Waals surface area (Å²) >= 11 is 0. The van der Waals surface area contributed by atoms with E-state index in [-0.39, 0.29) is 11.0 Å².